The first-order valence-electron chi connectivity index (χ1n) is 6.52. The van der Waals surface area contributed by atoms with Crippen LogP contribution in [0, 0.1) is 0 Å². The summed E-state index contributed by atoms with van der Waals surface area (Å²) in [6.07, 6.45) is 3.67. The summed E-state index contributed by atoms with van der Waals surface area (Å²) in [6.45, 7) is 2.12. The van der Waals surface area contributed by atoms with Crippen LogP contribution in [0.15, 0.2) is 17.5 Å². The van der Waals surface area contributed by atoms with Crippen LogP contribution in [0.2, 0.25) is 0 Å². The number of rotatable bonds is 4. The number of carbonyl (C=O) groups is 1. The zero-order valence-electron chi connectivity index (χ0n) is 10.3. The van der Waals surface area contributed by atoms with Crippen molar-refractivity contribution in [3.8, 4) is 0 Å². The van der Waals surface area contributed by atoms with Crippen molar-refractivity contribution in [1.29, 1.82) is 0 Å². The summed E-state index contributed by atoms with van der Waals surface area (Å²) in [5, 5.41) is 5.33. The van der Waals surface area contributed by atoms with Gasteiger partial charge in [0.25, 0.3) is 0 Å². The summed E-state index contributed by atoms with van der Waals surface area (Å²) < 4.78 is 5.62. The average Bonchev–Trinajstić information content (AvgIpc) is 3.08. The highest BCUT2D eigenvalue weighted by Crippen LogP contribution is 2.27. The zero-order valence-corrected chi connectivity index (χ0v) is 11.1. The highest BCUT2D eigenvalue weighted by Gasteiger charge is 2.32. The summed E-state index contributed by atoms with van der Waals surface area (Å²) in [5.74, 6) is 0.200. The van der Waals surface area contributed by atoms with Gasteiger partial charge in [-0.1, -0.05) is 6.07 Å². The van der Waals surface area contributed by atoms with E-state index in [2.05, 4.69) is 16.8 Å². The molecule has 2 aliphatic rings. The maximum Gasteiger partial charge on any atom is 0.238 e. The molecule has 2 atom stereocenters. The van der Waals surface area contributed by atoms with Gasteiger partial charge in [0.05, 0.1) is 12.6 Å². The second-order valence-corrected chi connectivity index (χ2v) is 5.79. The Hall–Kier alpha value is -0.910. The fourth-order valence-electron chi connectivity index (χ4n) is 2.65. The summed E-state index contributed by atoms with van der Waals surface area (Å²) in [7, 11) is 0. The molecule has 0 radical (unpaired) electrons. The van der Waals surface area contributed by atoms with E-state index in [4.69, 9.17) is 4.74 Å². The maximum atomic E-state index is 11.9. The van der Waals surface area contributed by atoms with Crippen LogP contribution in [-0.4, -0.2) is 36.6 Å². The Morgan fingerprint density at radius 3 is 3.22 bits per heavy atom. The van der Waals surface area contributed by atoms with E-state index in [1.54, 1.807) is 11.3 Å². The normalized spacial score (nSPS) is 28.2. The van der Waals surface area contributed by atoms with E-state index in [1.807, 2.05) is 11.0 Å². The van der Waals surface area contributed by atoms with Crippen LogP contribution in [0.5, 0.6) is 0 Å². The van der Waals surface area contributed by atoms with Gasteiger partial charge in [-0.15, -0.1) is 11.3 Å². The minimum atomic E-state index is 0.0684. The van der Waals surface area contributed by atoms with Crippen LogP contribution in [0.3, 0.4) is 0 Å². The molecule has 2 unspecified atom stereocenters. The van der Waals surface area contributed by atoms with Gasteiger partial charge in [0.2, 0.25) is 5.91 Å². The van der Waals surface area contributed by atoms with E-state index in [-0.39, 0.29) is 12.1 Å². The third kappa shape index (κ3) is 2.43. The van der Waals surface area contributed by atoms with Crippen LogP contribution < -0.4 is 5.32 Å². The lowest BCUT2D eigenvalue weighted by atomic mass is 10.1. The molecule has 0 bridgehead atoms. The Morgan fingerprint density at radius 2 is 2.50 bits per heavy atom. The molecule has 0 spiro atoms. The molecule has 0 aliphatic carbocycles. The molecule has 0 aromatic carbocycles. The van der Waals surface area contributed by atoms with Crippen molar-refractivity contribution in [2.24, 2.45) is 0 Å². The number of thiophene rings is 1. The number of hydrogen-bond donors (Lipinski definition) is 1. The number of nitrogens with one attached hydrogen (secondary N) is 1. The summed E-state index contributed by atoms with van der Waals surface area (Å²) >= 11 is 1.70. The molecule has 3 rings (SSSR count). The highest BCUT2D eigenvalue weighted by molar-refractivity contribution is 7.10. The van der Waals surface area contributed by atoms with Crippen LogP contribution in [0.25, 0.3) is 0 Å². The van der Waals surface area contributed by atoms with E-state index in [0.717, 1.165) is 32.4 Å². The van der Waals surface area contributed by atoms with E-state index in [9.17, 15) is 4.79 Å². The van der Waals surface area contributed by atoms with Gasteiger partial charge in [0.15, 0.2) is 0 Å². The molecule has 98 valence electrons. The van der Waals surface area contributed by atoms with Crippen molar-refractivity contribution in [3.05, 3.63) is 22.4 Å². The van der Waals surface area contributed by atoms with Crippen LogP contribution in [0.4, 0.5) is 0 Å². The molecule has 18 heavy (non-hydrogen) atoms. The van der Waals surface area contributed by atoms with Gasteiger partial charge < -0.3 is 9.64 Å². The van der Waals surface area contributed by atoms with Crippen molar-refractivity contribution < 1.29 is 9.53 Å². The van der Waals surface area contributed by atoms with Crippen LogP contribution >= 0.6 is 11.3 Å². The molecular formula is C13H18N2O2S. The topological polar surface area (TPSA) is 41.6 Å². The van der Waals surface area contributed by atoms with Crippen molar-refractivity contribution >= 4 is 17.2 Å². The Balaban J connectivity index is 1.62. The molecule has 2 aliphatic heterocycles. The van der Waals surface area contributed by atoms with Gasteiger partial charge in [-0.3, -0.25) is 10.1 Å². The molecule has 2 fully saturated rings. The molecule has 1 aromatic heterocycles. The fourth-order valence-corrected chi connectivity index (χ4v) is 3.46. The second kappa shape index (κ2) is 5.38. The first-order chi connectivity index (χ1) is 8.84. The molecular weight excluding hydrogens is 248 g/mol. The lowest BCUT2D eigenvalue weighted by Gasteiger charge is -2.24. The highest BCUT2D eigenvalue weighted by atomic mass is 32.1. The Morgan fingerprint density at radius 1 is 1.56 bits per heavy atom. The minimum absolute atomic E-state index is 0.0684. The fraction of sp³-hybridized carbons (Fsp3) is 0.615. The largest absolute Gasteiger partial charge is 0.378 e. The van der Waals surface area contributed by atoms with Gasteiger partial charge in [0, 0.05) is 18.0 Å². The minimum Gasteiger partial charge on any atom is -0.378 e. The maximum absolute atomic E-state index is 11.9. The third-order valence-electron chi connectivity index (χ3n) is 3.61. The van der Waals surface area contributed by atoms with E-state index in [0.29, 0.717) is 12.6 Å². The molecule has 3 heterocycles. The summed E-state index contributed by atoms with van der Waals surface area (Å²) in [4.78, 5) is 15.1. The Bertz CT molecular complexity index is 401. The second-order valence-electron chi connectivity index (χ2n) is 4.81. The molecule has 1 aromatic rings. The van der Waals surface area contributed by atoms with Gasteiger partial charge in [0.1, 0.15) is 6.17 Å². The molecule has 2 saturated heterocycles. The van der Waals surface area contributed by atoms with Crippen molar-refractivity contribution in [2.75, 3.05) is 19.7 Å². The molecule has 0 saturated carbocycles. The Kier molecular flexibility index (Phi) is 3.63. The average molecular weight is 266 g/mol. The van der Waals surface area contributed by atoms with Crippen molar-refractivity contribution in [3.63, 3.8) is 0 Å². The van der Waals surface area contributed by atoms with Crippen molar-refractivity contribution in [2.45, 2.75) is 31.5 Å². The van der Waals surface area contributed by atoms with E-state index < -0.39 is 0 Å². The lowest BCUT2D eigenvalue weighted by Crippen LogP contribution is -2.32. The third-order valence-corrected chi connectivity index (χ3v) is 4.53. The van der Waals surface area contributed by atoms with Crippen LogP contribution in [-0.2, 0) is 9.53 Å². The number of ether oxygens (including phenoxy) is 1. The van der Waals surface area contributed by atoms with Crippen LogP contribution in [0.1, 0.15) is 30.3 Å². The standard InChI is InChI=1S/C13H18N2O2S/c16-12-9-14-13(11-4-2-8-18-11)15(12)6-5-10-3-1-7-17-10/h2,4,8,10,13-14H,1,3,5-7,9H2. The predicted molar refractivity (Wildman–Crippen MR) is 70.4 cm³/mol. The quantitative estimate of drug-likeness (QED) is 0.902. The first-order valence-corrected chi connectivity index (χ1v) is 7.40. The monoisotopic (exact) mass is 266 g/mol. The molecule has 4 nitrogen and oxygen atoms in total. The number of hydrogen-bond acceptors (Lipinski definition) is 4. The molecule has 5 heteroatoms. The zero-order chi connectivity index (χ0) is 12.4. The summed E-state index contributed by atoms with van der Waals surface area (Å²) in [6, 6.07) is 4.11. The van der Waals surface area contributed by atoms with E-state index >= 15 is 0 Å². The van der Waals surface area contributed by atoms with Gasteiger partial charge in [-0.2, -0.15) is 0 Å². The van der Waals surface area contributed by atoms with Gasteiger partial charge in [-0.25, -0.2) is 0 Å². The molecule has 1 amide bonds. The van der Waals surface area contributed by atoms with Gasteiger partial charge >= 0.3 is 0 Å². The predicted octanol–water partition coefficient (Wildman–Crippen LogP) is 1.75. The smallest absolute Gasteiger partial charge is 0.238 e. The first kappa shape index (κ1) is 12.1. The summed E-state index contributed by atoms with van der Waals surface area (Å²) in [5.41, 5.74) is 0. The number of amides is 1. The van der Waals surface area contributed by atoms with Gasteiger partial charge in [-0.05, 0) is 30.7 Å². The van der Waals surface area contributed by atoms with Crippen molar-refractivity contribution in [1.82, 2.24) is 10.2 Å². The molecule has 1 N–H and O–H groups in total. The lowest BCUT2D eigenvalue weighted by molar-refractivity contribution is -0.128. The number of nitrogens with zero attached hydrogens (tertiary/aromatic N) is 1. The van der Waals surface area contributed by atoms with E-state index in [1.165, 1.54) is 4.88 Å². The Labute approximate surface area is 111 Å². The SMILES string of the molecule is O=C1CNC(c2cccs2)N1CCC1CCCO1. The number of carbonyl (C=O) groups excluding carboxylic acids is 1.